The molecule has 0 radical (unpaired) electrons. The van der Waals surface area contributed by atoms with Crippen molar-refractivity contribution < 1.29 is 0 Å². The molecule has 0 saturated carbocycles. The molecule has 0 saturated heterocycles. The fraction of sp³-hybridized carbons (Fsp3) is 0. The number of aromatic nitrogens is 2. The summed E-state index contributed by atoms with van der Waals surface area (Å²) < 4.78 is 2.41. The summed E-state index contributed by atoms with van der Waals surface area (Å²) in [4.78, 5) is 4.73. The monoisotopic (exact) mass is 646 g/mol. The normalized spacial score (nSPS) is 11.9. The molecule has 2 heteroatoms. The summed E-state index contributed by atoms with van der Waals surface area (Å²) in [7, 11) is 0. The average molecular weight is 647 g/mol. The Bertz CT molecular complexity index is 3060. The first-order valence-corrected chi connectivity index (χ1v) is 17.5. The highest BCUT2D eigenvalue weighted by molar-refractivity contribution is 6.28. The maximum absolute atomic E-state index is 4.73. The zero-order valence-corrected chi connectivity index (χ0v) is 27.7. The van der Waals surface area contributed by atoms with Gasteiger partial charge in [0.05, 0.1) is 16.6 Å². The van der Waals surface area contributed by atoms with Crippen LogP contribution in [0.25, 0.3) is 104 Å². The third-order valence-electron chi connectivity index (χ3n) is 10.8. The summed E-state index contributed by atoms with van der Waals surface area (Å²) in [5, 5.41) is 11.4. The lowest BCUT2D eigenvalue weighted by Crippen LogP contribution is -1.95. The van der Waals surface area contributed by atoms with E-state index in [4.69, 9.17) is 4.98 Å². The molecule has 2 heterocycles. The average Bonchev–Trinajstić information content (AvgIpc) is 3.54. The van der Waals surface area contributed by atoms with Crippen LogP contribution in [0.1, 0.15) is 0 Å². The van der Waals surface area contributed by atoms with Crippen LogP contribution in [-0.4, -0.2) is 9.55 Å². The van der Waals surface area contributed by atoms with Crippen molar-refractivity contribution in [2.75, 3.05) is 0 Å². The molecule has 0 atom stereocenters. The maximum Gasteiger partial charge on any atom is 0.0702 e. The molecule has 9 aromatic carbocycles. The number of hydrogen-bond acceptors (Lipinski definition) is 1. The molecule has 11 rings (SSSR count). The third kappa shape index (κ3) is 4.27. The Hall–Kier alpha value is -6.77. The highest BCUT2D eigenvalue weighted by Gasteiger charge is 2.18. The molecule has 236 valence electrons. The third-order valence-corrected chi connectivity index (χ3v) is 10.8. The Morgan fingerprint density at radius 3 is 1.71 bits per heavy atom. The highest BCUT2D eigenvalue weighted by Crippen LogP contribution is 2.45. The van der Waals surface area contributed by atoms with Crippen LogP contribution in [0, 0.1) is 0 Å². The molecule has 2 nitrogen and oxygen atoms in total. The van der Waals surface area contributed by atoms with Crippen molar-refractivity contribution in [2.45, 2.75) is 0 Å². The largest absolute Gasteiger partial charge is 0.309 e. The summed E-state index contributed by atoms with van der Waals surface area (Å²) in [6.45, 7) is 0. The topological polar surface area (TPSA) is 17.8 Å². The number of hydrogen-bond donors (Lipinski definition) is 0. The summed E-state index contributed by atoms with van der Waals surface area (Å²) in [5.41, 5.74) is 11.8. The van der Waals surface area contributed by atoms with Gasteiger partial charge in [-0.05, 0) is 103 Å². The van der Waals surface area contributed by atoms with Gasteiger partial charge in [-0.3, -0.25) is 4.98 Å². The molecular formula is C49H30N2. The van der Waals surface area contributed by atoms with Crippen molar-refractivity contribution >= 4 is 65.0 Å². The second-order valence-electron chi connectivity index (χ2n) is 13.6. The van der Waals surface area contributed by atoms with Gasteiger partial charge in [-0.2, -0.15) is 0 Å². The minimum atomic E-state index is 1.02. The van der Waals surface area contributed by atoms with Gasteiger partial charge in [0.25, 0.3) is 0 Å². The van der Waals surface area contributed by atoms with E-state index in [1.54, 1.807) is 0 Å². The number of rotatable bonds is 4. The van der Waals surface area contributed by atoms with Crippen molar-refractivity contribution in [1.82, 2.24) is 9.55 Å². The molecule has 2 aromatic heterocycles. The zero-order chi connectivity index (χ0) is 33.5. The van der Waals surface area contributed by atoms with E-state index in [1.807, 2.05) is 12.3 Å². The highest BCUT2D eigenvalue weighted by atomic mass is 15.0. The summed E-state index contributed by atoms with van der Waals surface area (Å²) >= 11 is 0. The van der Waals surface area contributed by atoms with E-state index in [-0.39, 0.29) is 0 Å². The van der Waals surface area contributed by atoms with E-state index >= 15 is 0 Å². The van der Waals surface area contributed by atoms with Crippen LogP contribution in [0.5, 0.6) is 0 Å². The maximum atomic E-state index is 4.73. The van der Waals surface area contributed by atoms with Gasteiger partial charge in [0.15, 0.2) is 0 Å². The number of fused-ring (bicyclic) bond motifs is 4. The molecular weight excluding hydrogens is 617 g/mol. The molecule has 0 aliphatic carbocycles. The van der Waals surface area contributed by atoms with E-state index in [9.17, 15) is 0 Å². The summed E-state index contributed by atoms with van der Waals surface area (Å²) in [5.74, 6) is 0. The first-order valence-electron chi connectivity index (χ1n) is 17.5. The Morgan fingerprint density at radius 2 is 0.961 bits per heavy atom. The van der Waals surface area contributed by atoms with Crippen LogP contribution >= 0.6 is 0 Å². The lowest BCUT2D eigenvalue weighted by atomic mass is 9.85. The molecule has 0 N–H and O–H groups in total. The van der Waals surface area contributed by atoms with E-state index in [1.165, 1.54) is 76.4 Å². The van der Waals surface area contributed by atoms with Gasteiger partial charge in [0.2, 0.25) is 0 Å². The molecule has 0 unspecified atom stereocenters. The fourth-order valence-electron chi connectivity index (χ4n) is 8.39. The summed E-state index contributed by atoms with van der Waals surface area (Å²) in [6.07, 6.45) is 1.98. The first-order chi connectivity index (χ1) is 25.3. The number of para-hydroxylation sites is 3. The summed E-state index contributed by atoms with van der Waals surface area (Å²) in [6, 6.07) is 64.4. The molecule has 0 fully saturated rings. The second-order valence-corrected chi connectivity index (χ2v) is 13.6. The van der Waals surface area contributed by atoms with Crippen LogP contribution in [0.3, 0.4) is 0 Å². The smallest absolute Gasteiger partial charge is 0.0702 e. The zero-order valence-electron chi connectivity index (χ0n) is 27.7. The predicted octanol–water partition coefficient (Wildman–Crippen LogP) is 13.2. The number of pyridine rings is 1. The van der Waals surface area contributed by atoms with Gasteiger partial charge >= 0.3 is 0 Å². The molecule has 0 aliphatic heterocycles. The Balaban J connectivity index is 1.13. The second kappa shape index (κ2) is 10.9. The van der Waals surface area contributed by atoms with Crippen LogP contribution in [0.2, 0.25) is 0 Å². The van der Waals surface area contributed by atoms with Crippen molar-refractivity contribution in [2.24, 2.45) is 0 Å². The van der Waals surface area contributed by atoms with Crippen molar-refractivity contribution in [3.8, 4) is 39.1 Å². The molecule has 51 heavy (non-hydrogen) atoms. The Morgan fingerprint density at radius 1 is 0.353 bits per heavy atom. The van der Waals surface area contributed by atoms with Gasteiger partial charge < -0.3 is 4.57 Å². The van der Waals surface area contributed by atoms with Gasteiger partial charge in [-0.15, -0.1) is 0 Å². The van der Waals surface area contributed by atoms with E-state index in [2.05, 4.69) is 174 Å². The van der Waals surface area contributed by atoms with Gasteiger partial charge in [-0.25, -0.2) is 0 Å². The van der Waals surface area contributed by atoms with E-state index in [0.29, 0.717) is 0 Å². The van der Waals surface area contributed by atoms with Gasteiger partial charge in [-0.1, -0.05) is 133 Å². The van der Waals surface area contributed by atoms with Crippen LogP contribution in [-0.2, 0) is 0 Å². The minimum Gasteiger partial charge on any atom is -0.309 e. The Labute approximate surface area is 294 Å². The molecule has 0 spiro atoms. The van der Waals surface area contributed by atoms with E-state index in [0.717, 1.165) is 27.7 Å². The number of nitrogens with zero attached hydrogens (tertiary/aromatic N) is 2. The molecule has 0 aliphatic rings. The minimum absolute atomic E-state index is 1.02. The molecule has 0 amide bonds. The standard InChI is InChI=1S/C49H30N2/c1-4-16-45-36(9-1)27-37(30-50-45)31-19-21-32(22-20-31)43-29-44(42-26-24-34-11-7-10-33-23-25-41(43)49(42)48(33)34)35-12-8-13-38(28-35)51-46-17-5-2-14-39(46)40-15-3-6-18-47(40)51/h1-30H. The Kier molecular flexibility index (Phi) is 5.99. The van der Waals surface area contributed by atoms with Gasteiger partial charge in [0.1, 0.15) is 0 Å². The van der Waals surface area contributed by atoms with Crippen LogP contribution < -0.4 is 0 Å². The van der Waals surface area contributed by atoms with Gasteiger partial charge in [0, 0.05) is 33.6 Å². The molecule has 11 aromatic rings. The molecule has 0 bridgehead atoms. The van der Waals surface area contributed by atoms with Crippen molar-refractivity contribution in [3.63, 3.8) is 0 Å². The van der Waals surface area contributed by atoms with Crippen LogP contribution in [0.4, 0.5) is 0 Å². The lowest BCUT2D eigenvalue weighted by Gasteiger charge is -2.19. The number of benzene rings is 9. The van der Waals surface area contributed by atoms with Crippen LogP contribution in [0.15, 0.2) is 182 Å². The van der Waals surface area contributed by atoms with Crippen molar-refractivity contribution in [3.05, 3.63) is 182 Å². The lowest BCUT2D eigenvalue weighted by molar-refractivity contribution is 1.18. The fourth-order valence-corrected chi connectivity index (χ4v) is 8.39. The SMILES string of the molecule is c1cc(-c2cc(-c3ccc(-c4cnc5ccccc5c4)cc3)c3ccc4cccc5ccc2c3c45)cc(-n2c3ccccc3c3ccccc32)c1. The first kappa shape index (κ1) is 28.1. The van der Waals surface area contributed by atoms with Crippen molar-refractivity contribution in [1.29, 1.82) is 0 Å². The predicted molar refractivity (Wildman–Crippen MR) is 216 cm³/mol. The quantitative estimate of drug-likeness (QED) is 0.174. The van der Waals surface area contributed by atoms with E-state index < -0.39 is 0 Å².